The van der Waals surface area contributed by atoms with Crippen LogP contribution in [0.4, 0.5) is 0 Å². The van der Waals surface area contributed by atoms with Gasteiger partial charge in [0.1, 0.15) is 5.75 Å². The molecule has 0 aliphatic carbocycles. The molecule has 1 aromatic carbocycles. The van der Waals surface area contributed by atoms with Crippen LogP contribution in [0.2, 0.25) is 0 Å². The highest BCUT2D eigenvalue weighted by Crippen LogP contribution is 2.18. The topological polar surface area (TPSA) is 86.5 Å². The molecule has 3 N–H and O–H groups in total. The lowest BCUT2D eigenvalue weighted by Gasteiger charge is -2.06. The highest BCUT2D eigenvalue weighted by atomic mass is 16.7. The Balaban J connectivity index is 1.93. The van der Waals surface area contributed by atoms with Crippen molar-refractivity contribution in [3.63, 3.8) is 0 Å². The second-order valence-electron chi connectivity index (χ2n) is 3.55. The molecule has 0 saturated heterocycles. The van der Waals surface area contributed by atoms with Crippen LogP contribution in [0.1, 0.15) is 6.42 Å². The van der Waals surface area contributed by atoms with E-state index < -0.39 is 5.97 Å². The van der Waals surface area contributed by atoms with Crippen molar-refractivity contribution in [2.75, 3.05) is 6.61 Å². The molecule has 6 nitrogen and oxygen atoms in total. The van der Waals surface area contributed by atoms with Gasteiger partial charge in [0.2, 0.25) is 0 Å². The van der Waals surface area contributed by atoms with E-state index in [1.807, 2.05) is 35.9 Å². The lowest BCUT2D eigenvalue weighted by atomic mass is 10.2. The van der Waals surface area contributed by atoms with Crippen molar-refractivity contribution in [2.24, 2.45) is 5.84 Å². The van der Waals surface area contributed by atoms with Crippen LogP contribution in [0.15, 0.2) is 36.5 Å². The SMILES string of the molecule is NNOC(=O)CCOc1ccc2cccnc2c1. The highest BCUT2D eigenvalue weighted by Gasteiger charge is 2.03. The van der Waals surface area contributed by atoms with Gasteiger partial charge in [0.05, 0.1) is 18.5 Å². The lowest BCUT2D eigenvalue weighted by Crippen LogP contribution is -2.26. The fourth-order valence-corrected chi connectivity index (χ4v) is 1.51. The minimum absolute atomic E-state index is 0.116. The van der Waals surface area contributed by atoms with E-state index in [2.05, 4.69) is 9.82 Å². The van der Waals surface area contributed by atoms with Crippen LogP contribution in [0.5, 0.6) is 5.75 Å². The van der Waals surface area contributed by atoms with Crippen molar-refractivity contribution >= 4 is 16.9 Å². The minimum atomic E-state index is -0.476. The van der Waals surface area contributed by atoms with E-state index in [1.165, 1.54) is 0 Å². The number of carbonyl (C=O) groups excluding carboxylic acids is 1. The molecular weight excluding hydrogens is 234 g/mol. The molecule has 0 aliphatic rings. The van der Waals surface area contributed by atoms with Gasteiger partial charge in [0.15, 0.2) is 0 Å². The first-order valence-electron chi connectivity index (χ1n) is 5.42. The van der Waals surface area contributed by atoms with Crippen molar-refractivity contribution in [1.82, 2.24) is 10.6 Å². The summed E-state index contributed by atoms with van der Waals surface area (Å²) in [4.78, 5) is 19.6. The van der Waals surface area contributed by atoms with Gasteiger partial charge in [-0.05, 0) is 18.2 Å². The van der Waals surface area contributed by atoms with Crippen LogP contribution in [0.25, 0.3) is 10.9 Å². The Bertz CT molecular complexity index is 545. The number of nitrogens with zero attached hydrogens (tertiary/aromatic N) is 1. The number of hydrogen-bond acceptors (Lipinski definition) is 6. The number of fused-ring (bicyclic) bond motifs is 1. The second kappa shape index (κ2) is 5.95. The summed E-state index contributed by atoms with van der Waals surface area (Å²) in [6.07, 6.45) is 1.83. The normalized spacial score (nSPS) is 10.3. The molecule has 0 atom stereocenters. The molecule has 1 heterocycles. The molecule has 1 aromatic heterocycles. The first kappa shape index (κ1) is 12.3. The quantitative estimate of drug-likeness (QED) is 0.603. The molecule has 0 amide bonds. The molecule has 2 aromatic rings. The third kappa shape index (κ3) is 3.16. The van der Waals surface area contributed by atoms with E-state index in [0.29, 0.717) is 5.75 Å². The van der Waals surface area contributed by atoms with Crippen LogP contribution < -0.4 is 16.2 Å². The van der Waals surface area contributed by atoms with Gasteiger partial charge >= 0.3 is 5.97 Å². The van der Waals surface area contributed by atoms with Crippen molar-refractivity contribution in [1.29, 1.82) is 0 Å². The van der Waals surface area contributed by atoms with E-state index in [9.17, 15) is 4.79 Å². The van der Waals surface area contributed by atoms with Gasteiger partial charge in [-0.15, -0.1) is 0 Å². The maximum absolute atomic E-state index is 11.0. The molecule has 94 valence electrons. The Morgan fingerprint density at radius 3 is 3.11 bits per heavy atom. The molecule has 0 unspecified atom stereocenters. The summed E-state index contributed by atoms with van der Waals surface area (Å²) in [5.74, 6) is 5.02. The van der Waals surface area contributed by atoms with Crippen LogP contribution in [0.3, 0.4) is 0 Å². The van der Waals surface area contributed by atoms with Gasteiger partial charge in [-0.1, -0.05) is 11.7 Å². The fourth-order valence-electron chi connectivity index (χ4n) is 1.51. The van der Waals surface area contributed by atoms with Crippen LogP contribution >= 0.6 is 0 Å². The number of carbonyl (C=O) groups is 1. The smallest absolute Gasteiger partial charge is 0.329 e. The van der Waals surface area contributed by atoms with Gasteiger partial charge in [-0.2, -0.15) is 0 Å². The number of hydrogen-bond donors (Lipinski definition) is 2. The maximum Gasteiger partial charge on any atom is 0.329 e. The maximum atomic E-state index is 11.0. The summed E-state index contributed by atoms with van der Waals surface area (Å²) in [6, 6.07) is 9.41. The zero-order valence-electron chi connectivity index (χ0n) is 9.63. The molecule has 6 heteroatoms. The fraction of sp³-hybridized carbons (Fsp3) is 0.167. The Hall–Kier alpha value is -2.18. The second-order valence-corrected chi connectivity index (χ2v) is 3.55. The van der Waals surface area contributed by atoms with E-state index in [4.69, 9.17) is 10.6 Å². The number of nitrogens with two attached hydrogens (primary N) is 1. The summed E-state index contributed by atoms with van der Waals surface area (Å²) in [6.45, 7) is 0.221. The summed E-state index contributed by atoms with van der Waals surface area (Å²) < 4.78 is 5.42. The first-order valence-corrected chi connectivity index (χ1v) is 5.42. The van der Waals surface area contributed by atoms with E-state index >= 15 is 0 Å². The molecule has 0 radical (unpaired) electrons. The Labute approximate surface area is 104 Å². The Morgan fingerprint density at radius 2 is 2.28 bits per heavy atom. The molecule has 0 aliphatic heterocycles. The summed E-state index contributed by atoms with van der Waals surface area (Å²) in [5.41, 5.74) is 2.67. The highest BCUT2D eigenvalue weighted by molar-refractivity contribution is 5.79. The Morgan fingerprint density at radius 1 is 1.39 bits per heavy atom. The minimum Gasteiger partial charge on any atom is -0.493 e. The van der Waals surface area contributed by atoms with Crippen LogP contribution in [-0.2, 0) is 9.63 Å². The summed E-state index contributed by atoms with van der Waals surface area (Å²) in [7, 11) is 0. The van der Waals surface area contributed by atoms with Crippen molar-refractivity contribution in [3.8, 4) is 5.75 Å². The summed E-state index contributed by atoms with van der Waals surface area (Å²) in [5, 5.41) is 1.04. The average molecular weight is 247 g/mol. The molecule has 0 fully saturated rings. The van der Waals surface area contributed by atoms with Gasteiger partial charge in [-0.25, -0.2) is 5.84 Å². The molecule has 18 heavy (non-hydrogen) atoms. The van der Waals surface area contributed by atoms with E-state index in [0.717, 1.165) is 10.9 Å². The summed E-state index contributed by atoms with van der Waals surface area (Å²) >= 11 is 0. The van der Waals surface area contributed by atoms with Gasteiger partial charge < -0.3 is 9.57 Å². The van der Waals surface area contributed by atoms with Crippen LogP contribution in [-0.4, -0.2) is 17.6 Å². The molecule has 0 saturated carbocycles. The van der Waals surface area contributed by atoms with Gasteiger partial charge in [-0.3, -0.25) is 9.78 Å². The number of ether oxygens (including phenoxy) is 1. The number of nitrogens with one attached hydrogen (secondary N) is 1. The zero-order valence-corrected chi connectivity index (χ0v) is 9.63. The van der Waals surface area contributed by atoms with Crippen molar-refractivity contribution < 1.29 is 14.4 Å². The molecular formula is C12H13N3O3. The van der Waals surface area contributed by atoms with Crippen molar-refractivity contribution in [3.05, 3.63) is 36.5 Å². The van der Waals surface area contributed by atoms with Gasteiger partial charge in [0.25, 0.3) is 0 Å². The Kier molecular flexibility index (Phi) is 4.06. The number of hydrazine groups is 1. The standard InChI is InChI=1S/C12H13N3O3/c13-15-18-12(16)5-7-17-10-4-3-9-2-1-6-14-11(9)8-10/h1-4,6,8,15H,5,7,13H2. The lowest BCUT2D eigenvalue weighted by molar-refractivity contribution is -0.151. The van der Waals surface area contributed by atoms with E-state index in [-0.39, 0.29) is 13.0 Å². The zero-order chi connectivity index (χ0) is 12.8. The number of pyridine rings is 1. The molecule has 0 spiro atoms. The predicted octanol–water partition coefficient (Wildman–Crippen LogP) is 0.925. The molecule has 0 bridgehead atoms. The van der Waals surface area contributed by atoms with Crippen LogP contribution in [0, 0.1) is 0 Å². The van der Waals surface area contributed by atoms with E-state index in [1.54, 1.807) is 6.20 Å². The van der Waals surface area contributed by atoms with Crippen molar-refractivity contribution in [2.45, 2.75) is 6.42 Å². The molecule has 2 rings (SSSR count). The largest absolute Gasteiger partial charge is 0.493 e. The number of aromatic nitrogens is 1. The predicted molar refractivity (Wildman–Crippen MR) is 65.3 cm³/mol. The first-order chi connectivity index (χ1) is 8.79. The monoisotopic (exact) mass is 247 g/mol. The average Bonchev–Trinajstić information content (AvgIpc) is 2.39. The number of rotatable bonds is 5. The third-order valence-corrected chi connectivity index (χ3v) is 2.33. The number of benzene rings is 1. The third-order valence-electron chi connectivity index (χ3n) is 2.33. The van der Waals surface area contributed by atoms with Gasteiger partial charge in [0, 0.05) is 17.6 Å².